The number of hydrogen-bond donors (Lipinski definition) is 1. The molecule has 0 saturated carbocycles. The second-order valence-electron chi connectivity index (χ2n) is 4.74. The normalized spacial score (nSPS) is 12.1. The van der Waals surface area contributed by atoms with Gasteiger partial charge < -0.3 is 5.32 Å². The second kappa shape index (κ2) is 7.22. The van der Waals surface area contributed by atoms with E-state index in [2.05, 4.69) is 11.9 Å². The number of nitrogens with one attached hydrogen (secondary N) is 1. The third-order valence-electron chi connectivity index (χ3n) is 2.88. The van der Waals surface area contributed by atoms with E-state index in [9.17, 15) is 8.42 Å². The Labute approximate surface area is 126 Å². The molecule has 0 atom stereocenters. The number of sulfonamides is 1. The smallest absolute Gasteiger partial charge is 0.243 e. The molecule has 1 N–H and O–H groups in total. The maximum Gasteiger partial charge on any atom is 0.243 e. The number of benzene rings is 1. The second-order valence-corrected chi connectivity index (χ2v) is 7.04. The summed E-state index contributed by atoms with van der Waals surface area (Å²) in [4.78, 5) is 0.253. The summed E-state index contributed by atoms with van der Waals surface area (Å²) in [5.74, 6) is 0. The van der Waals surface area contributed by atoms with Crippen molar-refractivity contribution >= 4 is 21.6 Å². The Morgan fingerprint density at radius 2 is 2.10 bits per heavy atom. The molecule has 0 spiro atoms. The van der Waals surface area contributed by atoms with Crippen LogP contribution >= 0.6 is 11.6 Å². The third-order valence-corrected chi connectivity index (χ3v) is 5.28. The summed E-state index contributed by atoms with van der Waals surface area (Å²) in [7, 11) is -1.76. The predicted octanol–water partition coefficient (Wildman–Crippen LogP) is 2.64. The quantitative estimate of drug-likeness (QED) is 0.787. The molecule has 0 radical (unpaired) electrons. The highest BCUT2D eigenvalue weighted by molar-refractivity contribution is 7.89. The van der Waals surface area contributed by atoms with Crippen LogP contribution in [0.15, 0.2) is 35.7 Å². The topological polar surface area (TPSA) is 49.4 Å². The Morgan fingerprint density at radius 3 is 2.60 bits per heavy atom. The van der Waals surface area contributed by atoms with E-state index in [1.807, 2.05) is 13.8 Å². The van der Waals surface area contributed by atoms with E-state index in [1.165, 1.54) is 10.4 Å². The van der Waals surface area contributed by atoms with Crippen molar-refractivity contribution in [3.63, 3.8) is 0 Å². The van der Waals surface area contributed by atoms with E-state index in [0.29, 0.717) is 11.6 Å². The highest BCUT2D eigenvalue weighted by Gasteiger charge is 2.26. The molecule has 1 aromatic rings. The fraction of sp³-hybridized carbons (Fsp3) is 0.429. The lowest BCUT2D eigenvalue weighted by molar-refractivity contribution is 0.383. The number of hydrogen-bond acceptors (Lipinski definition) is 3. The van der Waals surface area contributed by atoms with Gasteiger partial charge in [0.1, 0.15) is 0 Å². The standard InChI is InChI=1S/C14H21ClN2O2S/c1-5-8-17(11(2)3)20(18,19)13-6-7-14(15)12(9-13)10-16-4/h5-7,9,11,16H,1,8,10H2,2-4H3. The van der Waals surface area contributed by atoms with E-state index < -0.39 is 10.0 Å². The summed E-state index contributed by atoms with van der Waals surface area (Å²) in [6.45, 7) is 8.09. The molecule has 1 rings (SSSR count). The molecule has 0 fully saturated rings. The summed E-state index contributed by atoms with van der Waals surface area (Å²) in [6, 6.07) is 4.64. The van der Waals surface area contributed by atoms with Crippen LogP contribution in [0.25, 0.3) is 0 Å². The fourth-order valence-corrected chi connectivity index (χ4v) is 3.73. The van der Waals surface area contributed by atoms with Crippen LogP contribution in [-0.4, -0.2) is 32.4 Å². The molecule has 6 heteroatoms. The minimum Gasteiger partial charge on any atom is -0.316 e. The summed E-state index contributed by atoms with van der Waals surface area (Å²) in [6.07, 6.45) is 1.59. The molecule has 112 valence electrons. The van der Waals surface area contributed by atoms with E-state index in [1.54, 1.807) is 25.3 Å². The van der Waals surface area contributed by atoms with Gasteiger partial charge in [0.15, 0.2) is 0 Å². The van der Waals surface area contributed by atoms with E-state index in [0.717, 1.165) is 5.56 Å². The average Bonchev–Trinajstić information content (AvgIpc) is 2.38. The summed E-state index contributed by atoms with van der Waals surface area (Å²) >= 11 is 6.06. The van der Waals surface area contributed by atoms with E-state index in [4.69, 9.17) is 11.6 Å². The van der Waals surface area contributed by atoms with Gasteiger partial charge in [-0.05, 0) is 44.7 Å². The van der Waals surface area contributed by atoms with Crippen molar-refractivity contribution in [2.45, 2.75) is 31.3 Å². The van der Waals surface area contributed by atoms with Crippen LogP contribution < -0.4 is 5.32 Å². The Morgan fingerprint density at radius 1 is 1.45 bits per heavy atom. The van der Waals surface area contributed by atoms with Gasteiger partial charge in [-0.2, -0.15) is 4.31 Å². The zero-order valence-electron chi connectivity index (χ0n) is 12.1. The Bertz CT molecular complexity index is 571. The molecule has 20 heavy (non-hydrogen) atoms. The lowest BCUT2D eigenvalue weighted by Gasteiger charge is -2.24. The van der Waals surface area contributed by atoms with Crippen molar-refractivity contribution < 1.29 is 8.42 Å². The van der Waals surface area contributed by atoms with Crippen molar-refractivity contribution in [2.24, 2.45) is 0 Å². The number of nitrogens with zero attached hydrogens (tertiary/aromatic N) is 1. The van der Waals surface area contributed by atoms with Crippen LogP contribution in [0, 0.1) is 0 Å². The maximum atomic E-state index is 12.6. The molecule has 0 aliphatic rings. The van der Waals surface area contributed by atoms with Gasteiger partial charge in [-0.25, -0.2) is 8.42 Å². The molecule has 1 aromatic carbocycles. The van der Waals surface area contributed by atoms with Crippen molar-refractivity contribution in [3.8, 4) is 0 Å². The van der Waals surface area contributed by atoms with Gasteiger partial charge in [-0.3, -0.25) is 0 Å². The molecule has 0 bridgehead atoms. The molecule has 0 saturated heterocycles. The van der Waals surface area contributed by atoms with Crippen molar-refractivity contribution in [2.75, 3.05) is 13.6 Å². The number of halogens is 1. The molecular formula is C14H21ClN2O2S. The first-order chi connectivity index (χ1) is 9.34. The lowest BCUT2D eigenvalue weighted by atomic mass is 10.2. The summed E-state index contributed by atoms with van der Waals surface area (Å²) in [5.41, 5.74) is 0.762. The predicted molar refractivity (Wildman–Crippen MR) is 83.4 cm³/mol. The minimum absolute atomic E-state index is 0.138. The van der Waals surface area contributed by atoms with E-state index in [-0.39, 0.29) is 17.5 Å². The van der Waals surface area contributed by atoms with Gasteiger partial charge in [0.2, 0.25) is 10.0 Å². The molecular weight excluding hydrogens is 296 g/mol. The molecule has 0 aliphatic heterocycles. The highest BCUT2D eigenvalue weighted by Crippen LogP contribution is 2.24. The largest absolute Gasteiger partial charge is 0.316 e. The molecule has 0 aliphatic carbocycles. The van der Waals surface area contributed by atoms with Crippen LogP contribution in [-0.2, 0) is 16.6 Å². The van der Waals surface area contributed by atoms with Gasteiger partial charge in [0, 0.05) is 24.2 Å². The maximum absolute atomic E-state index is 12.6. The average molecular weight is 317 g/mol. The van der Waals surface area contributed by atoms with Crippen molar-refractivity contribution in [1.29, 1.82) is 0 Å². The molecule has 0 unspecified atom stereocenters. The van der Waals surface area contributed by atoms with Crippen LogP contribution in [0.2, 0.25) is 5.02 Å². The molecule has 0 heterocycles. The van der Waals surface area contributed by atoms with Crippen LogP contribution in [0.5, 0.6) is 0 Å². The van der Waals surface area contributed by atoms with Gasteiger partial charge in [0.25, 0.3) is 0 Å². The first kappa shape index (κ1) is 17.2. The zero-order chi connectivity index (χ0) is 15.3. The van der Waals surface area contributed by atoms with Crippen LogP contribution in [0.1, 0.15) is 19.4 Å². The summed E-state index contributed by atoms with van der Waals surface area (Å²) < 4.78 is 26.7. The van der Waals surface area contributed by atoms with Gasteiger partial charge in [-0.15, -0.1) is 6.58 Å². The zero-order valence-corrected chi connectivity index (χ0v) is 13.6. The summed E-state index contributed by atoms with van der Waals surface area (Å²) in [5, 5.41) is 3.53. The highest BCUT2D eigenvalue weighted by atomic mass is 35.5. The van der Waals surface area contributed by atoms with Crippen molar-refractivity contribution in [1.82, 2.24) is 9.62 Å². The van der Waals surface area contributed by atoms with Gasteiger partial charge in [0.05, 0.1) is 4.90 Å². The van der Waals surface area contributed by atoms with Gasteiger partial charge >= 0.3 is 0 Å². The first-order valence-corrected chi connectivity index (χ1v) is 8.22. The first-order valence-electron chi connectivity index (χ1n) is 6.40. The third kappa shape index (κ3) is 3.82. The fourth-order valence-electron chi connectivity index (χ4n) is 1.89. The SMILES string of the molecule is C=CCN(C(C)C)S(=O)(=O)c1ccc(Cl)c(CNC)c1. The monoisotopic (exact) mass is 316 g/mol. The molecule has 0 amide bonds. The molecule has 0 aromatic heterocycles. The Balaban J connectivity index is 3.26. The van der Waals surface area contributed by atoms with Crippen LogP contribution in [0.3, 0.4) is 0 Å². The molecule has 4 nitrogen and oxygen atoms in total. The Hall–Kier alpha value is -0.880. The van der Waals surface area contributed by atoms with Crippen LogP contribution in [0.4, 0.5) is 0 Å². The Kier molecular flexibility index (Phi) is 6.20. The van der Waals surface area contributed by atoms with E-state index >= 15 is 0 Å². The lowest BCUT2D eigenvalue weighted by Crippen LogP contribution is -2.37. The van der Waals surface area contributed by atoms with Crippen molar-refractivity contribution in [3.05, 3.63) is 41.4 Å². The minimum atomic E-state index is -3.54. The van der Waals surface area contributed by atoms with Gasteiger partial charge in [-0.1, -0.05) is 17.7 Å². The number of rotatable bonds is 7.